The lowest BCUT2D eigenvalue weighted by Gasteiger charge is -2.33. The van der Waals surface area contributed by atoms with Gasteiger partial charge in [-0.05, 0) is 37.1 Å². The van der Waals surface area contributed by atoms with E-state index in [0.717, 1.165) is 24.4 Å². The second-order valence-corrected chi connectivity index (χ2v) is 5.52. The number of nitrogens with zero attached hydrogens (tertiary/aromatic N) is 1. The molecule has 19 heavy (non-hydrogen) atoms. The van der Waals surface area contributed by atoms with Crippen molar-refractivity contribution in [2.45, 2.75) is 39.8 Å². The fourth-order valence-corrected chi connectivity index (χ4v) is 2.38. The predicted octanol–water partition coefficient (Wildman–Crippen LogP) is 3.06. The number of ether oxygens (including phenoxy) is 1. The number of hydrogen-bond acceptors (Lipinski definition) is 3. The van der Waals surface area contributed by atoms with Gasteiger partial charge in [0.05, 0.1) is 7.11 Å². The summed E-state index contributed by atoms with van der Waals surface area (Å²) in [5.41, 5.74) is 7.56. The van der Waals surface area contributed by atoms with Crippen molar-refractivity contribution in [3.63, 3.8) is 0 Å². The maximum atomic E-state index is 6.40. The molecule has 2 unspecified atom stereocenters. The van der Waals surface area contributed by atoms with Crippen molar-refractivity contribution in [1.29, 1.82) is 0 Å². The van der Waals surface area contributed by atoms with Gasteiger partial charge in [0, 0.05) is 18.6 Å². The molecule has 108 valence electrons. The van der Waals surface area contributed by atoms with Crippen molar-refractivity contribution >= 4 is 0 Å². The predicted molar refractivity (Wildman–Crippen MR) is 81.5 cm³/mol. The number of methoxy groups -OCH3 is 1. The smallest absolute Gasteiger partial charge is 0.118 e. The van der Waals surface area contributed by atoms with E-state index in [-0.39, 0.29) is 6.04 Å². The van der Waals surface area contributed by atoms with E-state index in [1.165, 1.54) is 0 Å². The molecule has 0 bridgehead atoms. The van der Waals surface area contributed by atoms with Crippen LogP contribution >= 0.6 is 0 Å². The molecule has 0 amide bonds. The van der Waals surface area contributed by atoms with E-state index in [4.69, 9.17) is 10.5 Å². The van der Waals surface area contributed by atoms with E-state index in [0.29, 0.717) is 12.0 Å². The topological polar surface area (TPSA) is 38.5 Å². The third-order valence-electron chi connectivity index (χ3n) is 3.60. The Labute approximate surface area is 117 Å². The molecule has 0 aromatic heterocycles. The van der Waals surface area contributed by atoms with Crippen LogP contribution in [0.2, 0.25) is 0 Å². The average Bonchev–Trinajstić information content (AvgIpc) is 2.43. The lowest BCUT2D eigenvalue weighted by molar-refractivity contribution is 0.173. The third-order valence-corrected chi connectivity index (χ3v) is 3.60. The molecule has 0 radical (unpaired) electrons. The highest BCUT2D eigenvalue weighted by molar-refractivity contribution is 5.29. The van der Waals surface area contributed by atoms with Gasteiger partial charge in [-0.25, -0.2) is 0 Å². The average molecular weight is 264 g/mol. The molecule has 1 aromatic rings. The Morgan fingerprint density at radius 3 is 2.16 bits per heavy atom. The normalized spacial score (nSPS) is 14.7. The molecule has 2 N–H and O–H groups in total. The maximum absolute atomic E-state index is 6.40. The number of benzene rings is 1. The molecule has 0 aliphatic heterocycles. The van der Waals surface area contributed by atoms with Gasteiger partial charge in [-0.3, -0.25) is 4.90 Å². The molecule has 0 aliphatic rings. The molecule has 0 saturated heterocycles. The minimum absolute atomic E-state index is 0.0320. The van der Waals surface area contributed by atoms with E-state index in [9.17, 15) is 0 Å². The van der Waals surface area contributed by atoms with Crippen LogP contribution in [-0.2, 0) is 0 Å². The van der Waals surface area contributed by atoms with E-state index in [1.807, 2.05) is 12.1 Å². The number of hydrogen-bond donors (Lipinski definition) is 1. The van der Waals surface area contributed by atoms with Gasteiger partial charge in [0.25, 0.3) is 0 Å². The quantitative estimate of drug-likeness (QED) is 0.822. The lowest BCUT2D eigenvalue weighted by Crippen LogP contribution is -2.42. The fraction of sp³-hybridized carbons (Fsp3) is 0.625. The largest absolute Gasteiger partial charge is 0.497 e. The summed E-state index contributed by atoms with van der Waals surface area (Å²) in [5, 5.41) is 0. The van der Waals surface area contributed by atoms with Gasteiger partial charge in [0.15, 0.2) is 0 Å². The number of nitrogens with two attached hydrogens (primary N) is 1. The molecule has 1 aromatic carbocycles. The molecular weight excluding hydrogens is 236 g/mol. The minimum atomic E-state index is 0.0320. The first-order chi connectivity index (χ1) is 8.99. The van der Waals surface area contributed by atoms with Gasteiger partial charge in [-0.1, -0.05) is 32.9 Å². The van der Waals surface area contributed by atoms with Gasteiger partial charge >= 0.3 is 0 Å². The van der Waals surface area contributed by atoms with Crippen LogP contribution in [-0.4, -0.2) is 31.1 Å². The molecule has 0 heterocycles. The standard InChI is InChI=1S/C16H28N2O/c1-6-18(11-12(2)3)13(4)16(17)14-7-9-15(19-5)10-8-14/h7-10,12-13,16H,6,11,17H2,1-5H3. The highest BCUT2D eigenvalue weighted by atomic mass is 16.5. The van der Waals surface area contributed by atoms with Crippen LogP contribution in [0.4, 0.5) is 0 Å². The van der Waals surface area contributed by atoms with E-state index in [2.05, 4.69) is 44.7 Å². The zero-order valence-corrected chi connectivity index (χ0v) is 12.9. The first-order valence-electron chi connectivity index (χ1n) is 7.13. The Bertz CT molecular complexity index is 362. The Morgan fingerprint density at radius 1 is 1.16 bits per heavy atom. The third kappa shape index (κ3) is 4.51. The van der Waals surface area contributed by atoms with Gasteiger partial charge in [0.1, 0.15) is 5.75 Å². The highest BCUT2D eigenvalue weighted by Crippen LogP contribution is 2.21. The second kappa shape index (κ2) is 7.51. The van der Waals surface area contributed by atoms with Gasteiger partial charge < -0.3 is 10.5 Å². The molecule has 0 spiro atoms. The summed E-state index contributed by atoms with van der Waals surface area (Å²) in [5.74, 6) is 1.53. The van der Waals surface area contributed by atoms with Crippen molar-refractivity contribution in [2.24, 2.45) is 11.7 Å². The SMILES string of the molecule is CCN(CC(C)C)C(C)C(N)c1ccc(OC)cc1. The van der Waals surface area contributed by atoms with Crippen LogP contribution in [0.3, 0.4) is 0 Å². The summed E-state index contributed by atoms with van der Waals surface area (Å²) in [6.45, 7) is 11.0. The highest BCUT2D eigenvalue weighted by Gasteiger charge is 2.21. The fourth-order valence-electron chi connectivity index (χ4n) is 2.38. The summed E-state index contributed by atoms with van der Waals surface area (Å²) >= 11 is 0. The molecule has 2 atom stereocenters. The summed E-state index contributed by atoms with van der Waals surface area (Å²) in [6.07, 6.45) is 0. The molecule has 1 rings (SSSR count). The summed E-state index contributed by atoms with van der Waals surface area (Å²) in [7, 11) is 1.68. The molecule has 3 nitrogen and oxygen atoms in total. The Kier molecular flexibility index (Phi) is 6.32. The second-order valence-electron chi connectivity index (χ2n) is 5.52. The van der Waals surface area contributed by atoms with Crippen LogP contribution < -0.4 is 10.5 Å². The summed E-state index contributed by atoms with van der Waals surface area (Å²) < 4.78 is 5.18. The van der Waals surface area contributed by atoms with Crippen molar-refractivity contribution in [2.75, 3.05) is 20.2 Å². The van der Waals surface area contributed by atoms with E-state index < -0.39 is 0 Å². The Morgan fingerprint density at radius 2 is 1.74 bits per heavy atom. The molecule has 0 aliphatic carbocycles. The molecule has 0 fully saturated rings. The van der Waals surface area contributed by atoms with Crippen LogP contribution in [0.5, 0.6) is 5.75 Å². The van der Waals surface area contributed by atoms with Crippen molar-refractivity contribution < 1.29 is 4.74 Å². The van der Waals surface area contributed by atoms with E-state index >= 15 is 0 Å². The number of rotatable bonds is 7. The zero-order chi connectivity index (χ0) is 14.4. The van der Waals surface area contributed by atoms with Crippen molar-refractivity contribution in [3.05, 3.63) is 29.8 Å². The van der Waals surface area contributed by atoms with Crippen LogP contribution in [0.15, 0.2) is 24.3 Å². The molecule has 3 heteroatoms. The van der Waals surface area contributed by atoms with Crippen molar-refractivity contribution in [3.8, 4) is 5.75 Å². The van der Waals surface area contributed by atoms with E-state index in [1.54, 1.807) is 7.11 Å². The van der Waals surface area contributed by atoms with Crippen LogP contribution in [0, 0.1) is 5.92 Å². The Hall–Kier alpha value is -1.06. The monoisotopic (exact) mass is 264 g/mol. The summed E-state index contributed by atoms with van der Waals surface area (Å²) in [6, 6.07) is 8.43. The summed E-state index contributed by atoms with van der Waals surface area (Å²) in [4.78, 5) is 2.44. The van der Waals surface area contributed by atoms with Gasteiger partial charge in [-0.2, -0.15) is 0 Å². The van der Waals surface area contributed by atoms with Crippen molar-refractivity contribution in [1.82, 2.24) is 4.90 Å². The van der Waals surface area contributed by atoms with Crippen LogP contribution in [0.1, 0.15) is 39.3 Å². The van der Waals surface area contributed by atoms with Gasteiger partial charge in [0.2, 0.25) is 0 Å². The van der Waals surface area contributed by atoms with Crippen LogP contribution in [0.25, 0.3) is 0 Å². The number of likely N-dealkylation sites (N-methyl/N-ethyl adjacent to an activating group) is 1. The zero-order valence-electron chi connectivity index (χ0n) is 12.9. The van der Waals surface area contributed by atoms with Gasteiger partial charge in [-0.15, -0.1) is 0 Å². The Balaban J connectivity index is 2.75. The molecular formula is C16H28N2O. The minimum Gasteiger partial charge on any atom is -0.497 e. The maximum Gasteiger partial charge on any atom is 0.118 e. The lowest BCUT2D eigenvalue weighted by atomic mass is 9.99. The first-order valence-corrected chi connectivity index (χ1v) is 7.13. The molecule has 0 saturated carbocycles. The first kappa shape index (κ1) is 16.0.